The highest BCUT2D eigenvalue weighted by molar-refractivity contribution is 7.94. The molecule has 1 heterocycles. The highest BCUT2D eigenvalue weighted by Crippen LogP contribution is 2.41. The van der Waals surface area contributed by atoms with E-state index in [0.29, 0.717) is 0 Å². The third-order valence-corrected chi connectivity index (χ3v) is 5.86. The molecule has 0 bridgehead atoms. The molecule has 3 rings (SSSR count). The van der Waals surface area contributed by atoms with Gasteiger partial charge in [-0.05, 0) is 24.5 Å². The number of benzene rings is 1. The van der Waals surface area contributed by atoms with Gasteiger partial charge in [0, 0.05) is 5.41 Å². The van der Waals surface area contributed by atoms with Gasteiger partial charge in [0.1, 0.15) is 0 Å². The monoisotopic (exact) mass is 305 g/mol. The standard InChI is InChI=1S/C16H19NO3S/c18-15(17-14-8-11-21(19,20)12-14)16(9-4-5-10-16)13-6-2-1-3-7-13/h1-3,6-8,11,14H,4-5,9-10,12H2,(H,17,18). The minimum Gasteiger partial charge on any atom is -0.348 e. The van der Waals surface area contributed by atoms with Gasteiger partial charge in [0.05, 0.1) is 17.2 Å². The van der Waals surface area contributed by atoms with Crippen molar-refractivity contribution in [3.05, 3.63) is 47.4 Å². The zero-order valence-electron chi connectivity index (χ0n) is 11.8. The Kier molecular flexibility index (Phi) is 3.61. The summed E-state index contributed by atoms with van der Waals surface area (Å²) in [5, 5.41) is 4.11. The Morgan fingerprint density at radius 3 is 2.38 bits per heavy atom. The molecule has 5 heteroatoms. The Hall–Kier alpha value is -1.62. The Bertz CT molecular complexity index is 658. The van der Waals surface area contributed by atoms with Crippen LogP contribution in [0.2, 0.25) is 0 Å². The summed E-state index contributed by atoms with van der Waals surface area (Å²) in [4.78, 5) is 12.8. The van der Waals surface area contributed by atoms with E-state index in [1.165, 1.54) is 5.41 Å². The fraction of sp³-hybridized carbons (Fsp3) is 0.438. The summed E-state index contributed by atoms with van der Waals surface area (Å²) in [7, 11) is -3.14. The van der Waals surface area contributed by atoms with Crippen LogP contribution in [0.25, 0.3) is 0 Å². The van der Waals surface area contributed by atoms with Gasteiger partial charge < -0.3 is 5.32 Å². The van der Waals surface area contributed by atoms with Gasteiger partial charge in [-0.3, -0.25) is 4.79 Å². The Morgan fingerprint density at radius 1 is 1.14 bits per heavy atom. The molecule has 1 aliphatic heterocycles. The van der Waals surface area contributed by atoms with Gasteiger partial charge >= 0.3 is 0 Å². The van der Waals surface area contributed by atoms with E-state index in [2.05, 4.69) is 5.32 Å². The van der Waals surface area contributed by atoms with E-state index < -0.39 is 21.3 Å². The van der Waals surface area contributed by atoms with Gasteiger partial charge in [-0.15, -0.1) is 0 Å². The number of nitrogens with one attached hydrogen (secondary N) is 1. The molecule has 1 aliphatic carbocycles. The fourth-order valence-corrected chi connectivity index (χ4v) is 4.59. The first-order valence-electron chi connectivity index (χ1n) is 7.29. The van der Waals surface area contributed by atoms with Gasteiger partial charge in [0.25, 0.3) is 0 Å². The van der Waals surface area contributed by atoms with Crippen LogP contribution in [-0.2, 0) is 20.0 Å². The van der Waals surface area contributed by atoms with E-state index in [9.17, 15) is 13.2 Å². The fourth-order valence-electron chi connectivity index (χ4n) is 3.35. The zero-order valence-corrected chi connectivity index (χ0v) is 12.6. The predicted molar refractivity (Wildman–Crippen MR) is 81.4 cm³/mol. The van der Waals surface area contributed by atoms with E-state index >= 15 is 0 Å². The van der Waals surface area contributed by atoms with Crippen molar-refractivity contribution < 1.29 is 13.2 Å². The smallest absolute Gasteiger partial charge is 0.231 e. The van der Waals surface area contributed by atoms with Crippen molar-refractivity contribution >= 4 is 15.7 Å². The Morgan fingerprint density at radius 2 is 1.81 bits per heavy atom. The SMILES string of the molecule is O=C(NC1C=CS(=O)(=O)C1)C1(c2ccccc2)CCCC1. The lowest BCUT2D eigenvalue weighted by Gasteiger charge is -2.29. The van der Waals surface area contributed by atoms with E-state index in [0.717, 1.165) is 31.2 Å². The molecule has 1 saturated carbocycles. The second kappa shape index (κ2) is 5.30. The van der Waals surface area contributed by atoms with Crippen molar-refractivity contribution in [3.63, 3.8) is 0 Å². The first-order chi connectivity index (χ1) is 10.0. The molecule has 0 radical (unpaired) electrons. The van der Waals surface area contributed by atoms with Crippen molar-refractivity contribution in [1.82, 2.24) is 5.32 Å². The van der Waals surface area contributed by atoms with Gasteiger partial charge in [0.15, 0.2) is 9.84 Å². The van der Waals surface area contributed by atoms with E-state index in [1.54, 1.807) is 6.08 Å². The quantitative estimate of drug-likeness (QED) is 0.928. The van der Waals surface area contributed by atoms with E-state index in [-0.39, 0.29) is 11.7 Å². The maximum atomic E-state index is 12.8. The summed E-state index contributed by atoms with van der Waals surface area (Å²) in [6.45, 7) is 0. The number of hydrogen-bond donors (Lipinski definition) is 1. The first-order valence-corrected chi connectivity index (χ1v) is 9.01. The first kappa shape index (κ1) is 14.3. The van der Waals surface area contributed by atoms with Crippen LogP contribution in [0.4, 0.5) is 0 Å². The molecular formula is C16H19NO3S. The molecule has 1 unspecified atom stereocenters. The lowest BCUT2D eigenvalue weighted by atomic mass is 9.78. The average molecular weight is 305 g/mol. The number of amides is 1. The van der Waals surface area contributed by atoms with Crippen molar-refractivity contribution in [3.8, 4) is 0 Å². The summed E-state index contributed by atoms with van der Waals surface area (Å²) in [6.07, 6.45) is 5.28. The van der Waals surface area contributed by atoms with Crippen LogP contribution in [0, 0.1) is 0 Å². The van der Waals surface area contributed by atoms with Crippen molar-refractivity contribution in [2.75, 3.05) is 5.75 Å². The van der Waals surface area contributed by atoms with Crippen molar-refractivity contribution in [1.29, 1.82) is 0 Å². The molecular weight excluding hydrogens is 286 g/mol. The summed E-state index contributed by atoms with van der Waals surface area (Å²) in [6, 6.07) is 9.42. The maximum Gasteiger partial charge on any atom is 0.231 e. The molecule has 1 N–H and O–H groups in total. The highest BCUT2D eigenvalue weighted by atomic mass is 32.2. The molecule has 0 spiro atoms. The number of hydrogen-bond acceptors (Lipinski definition) is 3. The molecule has 0 saturated heterocycles. The van der Waals surface area contributed by atoms with Crippen LogP contribution < -0.4 is 5.32 Å². The summed E-state index contributed by atoms with van der Waals surface area (Å²) < 4.78 is 22.9. The van der Waals surface area contributed by atoms with E-state index in [4.69, 9.17) is 0 Å². The normalized spacial score (nSPS) is 25.8. The topological polar surface area (TPSA) is 63.2 Å². The van der Waals surface area contributed by atoms with E-state index in [1.807, 2.05) is 30.3 Å². The number of rotatable bonds is 3. The number of sulfone groups is 1. The van der Waals surface area contributed by atoms with Crippen molar-refractivity contribution in [2.45, 2.75) is 37.1 Å². The number of carbonyl (C=O) groups excluding carboxylic acids is 1. The third-order valence-electron chi connectivity index (χ3n) is 4.46. The second-order valence-electron chi connectivity index (χ2n) is 5.89. The zero-order chi connectivity index (χ0) is 14.9. The van der Waals surface area contributed by atoms with Gasteiger partial charge in [0.2, 0.25) is 5.91 Å². The van der Waals surface area contributed by atoms with Crippen LogP contribution in [-0.4, -0.2) is 26.1 Å². The molecule has 1 fully saturated rings. The van der Waals surface area contributed by atoms with Gasteiger partial charge in [-0.2, -0.15) is 0 Å². The molecule has 1 atom stereocenters. The molecule has 0 aromatic heterocycles. The Labute approximate surface area is 125 Å². The highest BCUT2D eigenvalue weighted by Gasteiger charge is 2.43. The Balaban J connectivity index is 1.82. The van der Waals surface area contributed by atoms with Crippen LogP contribution in [0.1, 0.15) is 31.2 Å². The molecule has 2 aliphatic rings. The summed E-state index contributed by atoms with van der Waals surface area (Å²) in [5.41, 5.74) is 0.534. The maximum absolute atomic E-state index is 12.8. The molecule has 112 valence electrons. The van der Waals surface area contributed by atoms with Crippen LogP contribution in [0.3, 0.4) is 0 Å². The minimum atomic E-state index is -3.14. The van der Waals surface area contributed by atoms with Crippen LogP contribution >= 0.6 is 0 Å². The van der Waals surface area contributed by atoms with Crippen LogP contribution in [0.15, 0.2) is 41.8 Å². The lowest BCUT2D eigenvalue weighted by Crippen LogP contribution is -2.47. The van der Waals surface area contributed by atoms with Gasteiger partial charge in [-0.1, -0.05) is 43.2 Å². The predicted octanol–water partition coefficient (Wildman–Crippen LogP) is 1.93. The summed E-state index contributed by atoms with van der Waals surface area (Å²) >= 11 is 0. The summed E-state index contributed by atoms with van der Waals surface area (Å²) in [5.74, 6) is -0.0678. The molecule has 1 aromatic carbocycles. The largest absolute Gasteiger partial charge is 0.348 e. The molecule has 21 heavy (non-hydrogen) atoms. The molecule has 1 aromatic rings. The average Bonchev–Trinajstić information content (AvgIpc) is 3.07. The minimum absolute atomic E-state index is 0.0242. The van der Waals surface area contributed by atoms with Gasteiger partial charge in [-0.25, -0.2) is 8.42 Å². The second-order valence-corrected chi connectivity index (χ2v) is 7.82. The van der Waals surface area contributed by atoms with Crippen molar-refractivity contribution in [2.24, 2.45) is 0 Å². The molecule has 1 amide bonds. The number of carbonyl (C=O) groups is 1. The lowest BCUT2D eigenvalue weighted by molar-refractivity contribution is -0.127. The molecule has 4 nitrogen and oxygen atoms in total. The van der Waals surface area contributed by atoms with Crippen LogP contribution in [0.5, 0.6) is 0 Å². The third kappa shape index (κ3) is 2.75.